The molecule has 4 aliphatic rings. The molecule has 0 unspecified atom stereocenters. The fourth-order valence-electron chi connectivity index (χ4n) is 2.68. The Kier molecular flexibility index (Phi) is 1.20. The number of rotatable bonds is 1. The van der Waals surface area contributed by atoms with Gasteiger partial charge in [0.1, 0.15) is 4.75 Å². The predicted molar refractivity (Wildman–Crippen MR) is 47.7 cm³/mol. The smallest absolute Gasteiger partial charge is 0.404 e. The number of carboxylic acids is 1. The lowest BCUT2D eigenvalue weighted by molar-refractivity contribution is -0.624. The first-order valence-corrected chi connectivity index (χ1v) is 5.37. The van der Waals surface area contributed by atoms with Gasteiger partial charge in [-0.1, -0.05) is 10.2 Å². The van der Waals surface area contributed by atoms with E-state index in [1.54, 1.807) is 13.8 Å². The minimum absolute atomic E-state index is 0.235. The van der Waals surface area contributed by atoms with Gasteiger partial charge in [0.25, 0.3) is 5.70 Å². The van der Waals surface area contributed by atoms with Gasteiger partial charge in [-0.2, -0.15) is 0 Å². The van der Waals surface area contributed by atoms with Crippen LogP contribution in [0.15, 0.2) is 11.6 Å². The van der Waals surface area contributed by atoms with Gasteiger partial charge in [0, 0.05) is 5.88 Å². The van der Waals surface area contributed by atoms with Crippen LogP contribution in [0.5, 0.6) is 0 Å². The summed E-state index contributed by atoms with van der Waals surface area (Å²) in [6.07, 6.45) is 0. The third kappa shape index (κ3) is 0.573. The maximum atomic E-state index is 11.5. The van der Waals surface area contributed by atoms with Crippen LogP contribution in [-0.2, 0) is 4.79 Å². The Morgan fingerprint density at radius 2 is 2.33 bits per heavy atom. The average molecular weight is 227 g/mol. The summed E-state index contributed by atoms with van der Waals surface area (Å²) in [6.45, 7) is 3.52. The maximum Gasteiger partial charge on any atom is 0.404 e. The van der Waals surface area contributed by atoms with E-state index in [0.717, 1.165) is 4.70 Å². The molecule has 4 aliphatic heterocycles. The van der Waals surface area contributed by atoms with E-state index in [0.29, 0.717) is 5.70 Å². The Morgan fingerprint density at radius 1 is 1.73 bits per heavy atom. The van der Waals surface area contributed by atoms with Gasteiger partial charge in [-0.3, -0.25) is 4.90 Å². The molecule has 0 aromatic heterocycles. The number of thioether (sulfide) groups is 1. The van der Waals surface area contributed by atoms with Crippen LogP contribution in [0.3, 0.4) is 0 Å². The first-order chi connectivity index (χ1) is 6.85. The lowest BCUT2D eigenvalue weighted by atomic mass is 9.94. The average Bonchev–Trinajstić information content (AvgIpc) is 2.56. The van der Waals surface area contributed by atoms with E-state index in [4.69, 9.17) is 5.53 Å². The summed E-state index contributed by atoms with van der Waals surface area (Å²) in [6, 6.07) is 0. The molecule has 4 rings (SSSR count). The Hall–Kier alpha value is -1.24. The molecular weight excluding hydrogens is 218 g/mol. The number of nitrogens with zero attached hydrogens (tertiary/aromatic N) is 2. The number of carboxylic acid groups (broad SMARTS) is 1. The molecule has 2 saturated heterocycles. The summed E-state index contributed by atoms with van der Waals surface area (Å²) in [5.74, 6) is -1.44. The van der Waals surface area contributed by atoms with Gasteiger partial charge in [-0.05, 0) is 13.8 Å². The zero-order chi connectivity index (χ0) is 11.2. The van der Waals surface area contributed by atoms with Crippen molar-refractivity contribution in [1.82, 2.24) is 4.90 Å². The van der Waals surface area contributed by atoms with Gasteiger partial charge >= 0.3 is 11.6 Å². The van der Waals surface area contributed by atoms with Gasteiger partial charge in [-0.25, -0.2) is 4.79 Å². The zero-order valence-corrected chi connectivity index (χ0v) is 8.96. The number of aliphatic carboxylic acids is 1. The molecule has 0 aliphatic carbocycles. The molecular formula is C8H9N3O3S. The third-order valence-electron chi connectivity index (χ3n) is 3.36. The third-order valence-corrected chi connectivity index (χ3v) is 4.89. The van der Waals surface area contributed by atoms with Crippen molar-refractivity contribution in [2.24, 2.45) is 0 Å². The Morgan fingerprint density at radius 3 is 2.73 bits per heavy atom. The Labute approximate surface area is 89.7 Å². The van der Waals surface area contributed by atoms with Crippen LogP contribution in [0.4, 0.5) is 0 Å². The number of nitrogens with one attached hydrogen (secondary N) is 1. The van der Waals surface area contributed by atoms with Crippen LogP contribution in [0.1, 0.15) is 13.8 Å². The quantitative estimate of drug-likeness (QED) is 0.590. The van der Waals surface area contributed by atoms with E-state index in [9.17, 15) is 15.0 Å². The summed E-state index contributed by atoms with van der Waals surface area (Å²) in [5.41, 5.74) is 6.57. The van der Waals surface area contributed by atoms with Crippen molar-refractivity contribution in [3.63, 3.8) is 0 Å². The molecule has 4 bridgehead atoms. The topological polar surface area (TPSA) is 90.5 Å². The number of carbonyl (C=O) groups is 1. The molecule has 2 atom stereocenters. The van der Waals surface area contributed by atoms with Crippen molar-refractivity contribution in [3.05, 3.63) is 11.6 Å². The Bertz CT molecular complexity index is 458. The fourth-order valence-corrected chi connectivity index (χ4v) is 4.35. The molecule has 2 N–H and O–H groups in total. The van der Waals surface area contributed by atoms with Gasteiger partial charge in [0.2, 0.25) is 0 Å². The fraction of sp³-hybridized carbons (Fsp3) is 0.625. The molecule has 0 radical (unpaired) electrons. The van der Waals surface area contributed by atoms with Crippen LogP contribution in [0, 0.1) is 5.53 Å². The van der Waals surface area contributed by atoms with Crippen LogP contribution < -0.4 is 5.11 Å². The van der Waals surface area contributed by atoms with E-state index in [1.165, 1.54) is 16.7 Å². The van der Waals surface area contributed by atoms with Crippen LogP contribution >= 0.6 is 11.8 Å². The van der Waals surface area contributed by atoms with Crippen molar-refractivity contribution in [1.29, 1.82) is 5.53 Å². The monoisotopic (exact) mass is 227 g/mol. The molecule has 7 heteroatoms. The van der Waals surface area contributed by atoms with Crippen LogP contribution in [0.25, 0.3) is 0 Å². The molecule has 2 fully saturated rings. The van der Waals surface area contributed by atoms with Crippen molar-refractivity contribution < 1.29 is 19.7 Å². The lowest BCUT2D eigenvalue weighted by Gasteiger charge is -2.33. The van der Waals surface area contributed by atoms with E-state index < -0.39 is 16.4 Å². The normalized spacial score (nSPS) is 39.7. The largest absolute Gasteiger partial charge is 0.856 e. The van der Waals surface area contributed by atoms with E-state index in [-0.39, 0.29) is 11.3 Å². The lowest BCUT2D eigenvalue weighted by Crippen LogP contribution is -2.62. The van der Waals surface area contributed by atoms with E-state index >= 15 is 0 Å². The van der Waals surface area contributed by atoms with Gasteiger partial charge in [0.05, 0.1) is 0 Å². The SMILES string of the molecule is CC1(C)S[C@@H]2C3=C([O-])N2[C@]1(C(=O)O)[N+]3=N. The summed E-state index contributed by atoms with van der Waals surface area (Å²) >= 11 is 1.44. The molecule has 80 valence electrons. The van der Waals surface area contributed by atoms with Crippen molar-refractivity contribution >= 4 is 17.7 Å². The van der Waals surface area contributed by atoms with Gasteiger partial charge < -0.3 is 10.2 Å². The molecule has 6 nitrogen and oxygen atoms in total. The standard InChI is InChI=1S/C8H9N3O3S/c1-7(2)8(6(13)14)10-4(12)3(11(8)9)5(10)15-7/h5H,1-2H3,(H2-,9,12,13,14)/t5-,8-/m1/s1. The molecule has 0 aromatic carbocycles. The molecule has 0 amide bonds. The zero-order valence-electron chi connectivity index (χ0n) is 8.14. The highest BCUT2D eigenvalue weighted by atomic mass is 32.2. The summed E-state index contributed by atoms with van der Waals surface area (Å²) in [7, 11) is 0. The minimum atomic E-state index is -1.51. The van der Waals surface area contributed by atoms with Crippen LogP contribution in [0.2, 0.25) is 0 Å². The first-order valence-electron chi connectivity index (χ1n) is 4.49. The summed E-state index contributed by atoms with van der Waals surface area (Å²) in [4.78, 5) is 12.7. The molecule has 4 heterocycles. The molecule has 0 aromatic rings. The number of hydrogen-bond donors (Lipinski definition) is 2. The minimum Gasteiger partial charge on any atom is -0.856 e. The highest BCUT2D eigenvalue weighted by Gasteiger charge is 2.85. The van der Waals surface area contributed by atoms with E-state index in [1.807, 2.05) is 0 Å². The van der Waals surface area contributed by atoms with Crippen molar-refractivity contribution in [3.8, 4) is 0 Å². The molecule has 15 heavy (non-hydrogen) atoms. The van der Waals surface area contributed by atoms with E-state index in [2.05, 4.69) is 0 Å². The first kappa shape index (κ1) is 9.02. The second kappa shape index (κ2) is 1.99. The second-order valence-electron chi connectivity index (χ2n) is 4.35. The highest BCUT2D eigenvalue weighted by Crippen LogP contribution is 2.66. The van der Waals surface area contributed by atoms with Crippen LogP contribution in [-0.4, -0.2) is 36.5 Å². The molecule has 0 spiro atoms. The maximum absolute atomic E-state index is 11.5. The second-order valence-corrected chi connectivity index (χ2v) is 6.06. The van der Waals surface area contributed by atoms with Gasteiger partial charge in [0.15, 0.2) is 5.37 Å². The molecule has 0 saturated carbocycles. The Balaban J connectivity index is 2.27. The summed E-state index contributed by atoms with van der Waals surface area (Å²) in [5, 5.41) is 20.6. The van der Waals surface area contributed by atoms with Crippen molar-refractivity contribution in [2.45, 2.75) is 29.6 Å². The van der Waals surface area contributed by atoms with Gasteiger partial charge in [-0.15, -0.1) is 11.8 Å². The number of hydrogen-bond acceptors (Lipinski definition) is 5. The predicted octanol–water partition coefficient (Wildman–Crippen LogP) is -0.479. The van der Waals surface area contributed by atoms with Crippen molar-refractivity contribution in [2.75, 3.05) is 0 Å². The highest BCUT2D eigenvalue weighted by molar-refractivity contribution is 8.01. The summed E-state index contributed by atoms with van der Waals surface area (Å²) < 4.78 is 0.222.